The van der Waals surface area contributed by atoms with Gasteiger partial charge in [0.2, 0.25) is 0 Å². The molecule has 0 saturated carbocycles. The lowest BCUT2D eigenvalue weighted by Crippen LogP contribution is -2.42. The number of rotatable bonds is 6. The van der Waals surface area contributed by atoms with Crippen LogP contribution < -0.4 is 4.74 Å². The van der Waals surface area contributed by atoms with E-state index in [-0.39, 0.29) is 23.0 Å². The topological polar surface area (TPSA) is 93.1 Å². The van der Waals surface area contributed by atoms with Gasteiger partial charge in [0.15, 0.2) is 11.5 Å². The molecule has 1 fully saturated rings. The van der Waals surface area contributed by atoms with Crippen LogP contribution in [0.1, 0.15) is 26.3 Å². The van der Waals surface area contributed by atoms with Gasteiger partial charge in [-0.1, -0.05) is 15.9 Å². The van der Waals surface area contributed by atoms with Crippen LogP contribution in [0.2, 0.25) is 0 Å². The molecular formula is C17H18BrNO6S. The van der Waals surface area contributed by atoms with E-state index in [1.165, 1.54) is 13.0 Å². The minimum atomic E-state index is -1.02. The number of phenols is 1. The molecule has 1 N–H and O–H groups in total. The molecule has 1 heterocycles. The molecule has 1 aromatic rings. The first-order valence-electron chi connectivity index (χ1n) is 7.89. The van der Waals surface area contributed by atoms with Crippen molar-refractivity contribution in [3.05, 3.63) is 27.1 Å². The van der Waals surface area contributed by atoms with Gasteiger partial charge in [-0.05, 0) is 50.7 Å². The molecule has 1 aliphatic rings. The van der Waals surface area contributed by atoms with E-state index in [4.69, 9.17) is 9.47 Å². The second kappa shape index (κ2) is 8.59. The van der Waals surface area contributed by atoms with E-state index in [9.17, 15) is 19.5 Å². The molecule has 1 aliphatic heterocycles. The number of benzene rings is 1. The minimum absolute atomic E-state index is 0.0991. The molecule has 2 rings (SSSR count). The standard InChI is InChI=1S/C17H18BrNO6S/c1-4-24-12-8-11(18)6-10(14(12)20)7-13-15(21)19(17(23)26-13)9(3)16(22)25-5-2/h6-9,20H,4-5H2,1-3H3/b13-7-. The second-order valence-corrected chi connectivity index (χ2v) is 7.16. The molecular weight excluding hydrogens is 426 g/mol. The van der Waals surface area contributed by atoms with E-state index in [1.54, 1.807) is 26.0 Å². The number of ether oxygens (including phenoxy) is 2. The highest BCUT2D eigenvalue weighted by atomic mass is 79.9. The maximum absolute atomic E-state index is 12.6. The molecule has 1 saturated heterocycles. The fourth-order valence-corrected chi connectivity index (χ4v) is 3.65. The van der Waals surface area contributed by atoms with Crippen LogP contribution in [0.25, 0.3) is 6.08 Å². The number of hydrogen-bond donors (Lipinski definition) is 1. The van der Waals surface area contributed by atoms with Gasteiger partial charge < -0.3 is 14.6 Å². The van der Waals surface area contributed by atoms with E-state index < -0.39 is 23.2 Å². The predicted molar refractivity (Wildman–Crippen MR) is 101 cm³/mol. The number of halogens is 1. The van der Waals surface area contributed by atoms with Crippen molar-refractivity contribution in [1.29, 1.82) is 0 Å². The molecule has 26 heavy (non-hydrogen) atoms. The molecule has 7 nitrogen and oxygen atoms in total. The van der Waals surface area contributed by atoms with Crippen LogP contribution in [0.3, 0.4) is 0 Å². The Hall–Kier alpha value is -2.00. The molecule has 140 valence electrons. The lowest BCUT2D eigenvalue weighted by molar-refractivity contribution is -0.150. The van der Waals surface area contributed by atoms with Crippen LogP contribution in [0.4, 0.5) is 4.79 Å². The number of thioether (sulfide) groups is 1. The molecule has 2 amide bonds. The number of aromatic hydroxyl groups is 1. The summed E-state index contributed by atoms with van der Waals surface area (Å²) < 4.78 is 10.9. The minimum Gasteiger partial charge on any atom is -0.504 e. The number of carbonyl (C=O) groups excluding carboxylic acids is 3. The summed E-state index contributed by atoms with van der Waals surface area (Å²) in [6, 6.07) is 2.18. The Morgan fingerprint density at radius 1 is 1.35 bits per heavy atom. The summed E-state index contributed by atoms with van der Waals surface area (Å²) in [6.45, 7) is 5.37. The molecule has 1 unspecified atom stereocenters. The zero-order chi connectivity index (χ0) is 19.4. The lowest BCUT2D eigenvalue weighted by Gasteiger charge is -2.19. The average molecular weight is 444 g/mol. The van der Waals surface area contributed by atoms with Crippen molar-refractivity contribution in [2.24, 2.45) is 0 Å². The summed E-state index contributed by atoms with van der Waals surface area (Å²) in [6.07, 6.45) is 1.39. The Morgan fingerprint density at radius 3 is 2.65 bits per heavy atom. The molecule has 0 spiro atoms. The third kappa shape index (κ3) is 4.21. The Labute approximate surface area is 163 Å². The normalized spacial score (nSPS) is 16.9. The smallest absolute Gasteiger partial charge is 0.329 e. The van der Waals surface area contributed by atoms with Crippen molar-refractivity contribution in [2.75, 3.05) is 13.2 Å². The summed E-state index contributed by atoms with van der Waals surface area (Å²) in [5, 5.41) is 9.74. The largest absolute Gasteiger partial charge is 0.504 e. The number of esters is 1. The van der Waals surface area contributed by atoms with Crippen molar-refractivity contribution in [1.82, 2.24) is 4.90 Å². The summed E-state index contributed by atoms with van der Waals surface area (Å²) in [5.74, 6) is -1.15. The fourth-order valence-electron chi connectivity index (χ4n) is 2.29. The zero-order valence-electron chi connectivity index (χ0n) is 14.4. The predicted octanol–water partition coefficient (Wildman–Crippen LogP) is 3.54. The highest BCUT2D eigenvalue weighted by molar-refractivity contribution is 9.10. The van der Waals surface area contributed by atoms with Crippen molar-refractivity contribution in [3.8, 4) is 11.5 Å². The van der Waals surface area contributed by atoms with Gasteiger partial charge in [0.1, 0.15) is 6.04 Å². The number of carbonyl (C=O) groups is 3. The monoisotopic (exact) mass is 443 g/mol. The van der Waals surface area contributed by atoms with Gasteiger partial charge in [-0.25, -0.2) is 4.79 Å². The van der Waals surface area contributed by atoms with E-state index in [0.29, 0.717) is 28.4 Å². The van der Waals surface area contributed by atoms with Gasteiger partial charge in [-0.2, -0.15) is 0 Å². The van der Waals surface area contributed by atoms with Gasteiger partial charge in [-0.15, -0.1) is 0 Å². The summed E-state index contributed by atoms with van der Waals surface area (Å²) >= 11 is 4.01. The van der Waals surface area contributed by atoms with Gasteiger partial charge in [-0.3, -0.25) is 14.5 Å². The maximum atomic E-state index is 12.6. The summed E-state index contributed by atoms with van der Waals surface area (Å²) in [5.41, 5.74) is 0.317. The summed E-state index contributed by atoms with van der Waals surface area (Å²) in [7, 11) is 0. The van der Waals surface area contributed by atoms with Gasteiger partial charge in [0.05, 0.1) is 18.1 Å². The van der Waals surface area contributed by atoms with E-state index in [1.807, 2.05) is 0 Å². The van der Waals surface area contributed by atoms with Crippen LogP contribution >= 0.6 is 27.7 Å². The SMILES string of the molecule is CCOC(=O)C(C)N1C(=O)S/C(=C\c2cc(Br)cc(OCC)c2O)C1=O. The highest BCUT2D eigenvalue weighted by Crippen LogP contribution is 2.39. The number of amides is 2. The van der Waals surface area contributed by atoms with Crippen molar-refractivity contribution in [2.45, 2.75) is 26.8 Å². The van der Waals surface area contributed by atoms with Gasteiger partial charge in [0.25, 0.3) is 11.1 Å². The lowest BCUT2D eigenvalue weighted by atomic mass is 10.1. The Morgan fingerprint density at radius 2 is 2.04 bits per heavy atom. The Balaban J connectivity index is 2.35. The second-order valence-electron chi connectivity index (χ2n) is 5.25. The number of imide groups is 1. The average Bonchev–Trinajstić information content (AvgIpc) is 2.85. The van der Waals surface area contributed by atoms with Crippen LogP contribution in [0.15, 0.2) is 21.5 Å². The van der Waals surface area contributed by atoms with Crippen molar-refractivity contribution >= 4 is 50.9 Å². The van der Waals surface area contributed by atoms with Gasteiger partial charge in [0, 0.05) is 10.0 Å². The third-order valence-electron chi connectivity index (χ3n) is 3.49. The van der Waals surface area contributed by atoms with E-state index >= 15 is 0 Å². The molecule has 1 aromatic carbocycles. The van der Waals surface area contributed by atoms with E-state index in [2.05, 4.69) is 15.9 Å². The third-order valence-corrected chi connectivity index (χ3v) is 4.84. The molecule has 0 aromatic heterocycles. The van der Waals surface area contributed by atoms with Crippen LogP contribution in [-0.4, -0.2) is 46.4 Å². The molecule has 0 aliphatic carbocycles. The number of hydrogen-bond acceptors (Lipinski definition) is 7. The Kier molecular flexibility index (Phi) is 6.71. The Bertz CT molecular complexity index is 779. The maximum Gasteiger partial charge on any atom is 0.329 e. The first kappa shape index (κ1) is 20.3. The first-order chi connectivity index (χ1) is 12.3. The van der Waals surface area contributed by atoms with Crippen molar-refractivity contribution < 1.29 is 29.0 Å². The van der Waals surface area contributed by atoms with Crippen LogP contribution in [0.5, 0.6) is 11.5 Å². The number of nitrogens with zero attached hydrogens (tertiary/aromatic N) is 1. The molecule has 1 atom stereocenters. The van der Waals surface area contributed by atoms with E-state index in [0.717, 1.165) is 4.90 Å². The fraction of sp³-hybridized carbons (Fsp3) is 0.353. The number of phenolic OH excluding ortho intramolecular Hbond substituents is 1. The van der Waals surface area contributed by atoms with Crippen molar-refractivity contribution in [3.63, 3.8) is 0 Å². The summed E-state index contributed by atoms with van der Waals surface area (Å²) in [4.78, 5) is 37.5. The van der Waals surface area contributed by atoms with Crippen LogP contribution in [-0.2, 0) is 14.3 Å². The molecule has 0 radical (unpaired) electrons. The molecule has 0 bridgehead atoms. The highest BCUT2D eigenvalue weighted by Gasteiger charge is 2.41. The first-order valence-corrected chi connectivity index (χ1v) is 9.50. The quantitative estimate of drug-likeness (QED) is 0.530. The molecule has 9 heteroatoms. The zero-order valence-corrected chi connectivity index (χ0v) is 16.8. The van der Waals surface area contributed by atoms with Gasteiger partial charge >= 0.3 is 5.97 Å². The van der Waals surface area contributed by atoms with Crippen LogP contribution in [0, 0.1) is 0 Å².